The smallest absolute Gasteiger partial charge is 0.324 e. The van der Waals surface area contributed by atoms with Gasteiger partial charge in [0.25, 0.3) is 0 Å². The molecule has 2 rings (SSSR count). The molecule has 0 amide bonds. The molecule has 0 aliphatic rings. The van der Waals surface area contributed by atoms with Crippen molar-refractivity contribution < 1.29 is 17.6 Å². The lowest BCUT2D eigenvalue weighted by Crippen LogP contribution is -2.15. The Morgan fingerprint density at radius 2 is 1.90 bits per heavy atom. The number of nitrogens with two attached hydrogens (primary N) is 1. The van der Waals surface area contributed by atoms with E-state index in [-0.39, 0.29) is 5.56 Å². The third-order valence-corrected chi connectivity index (χ3v) is 3.16. The summed E-state index contributed by atoms with van der Waals surface area (Å²) in [6.07, 6.45) is -2.11. The lowest BCUT2D eigenvalue weighted by molar-refractivity contribution is -0.140. The molecule has 1 aromatic carbocycles. The zero-order chi connectivity index (χ0) is 15.5. The molecule has 1 heterocycles. The van der Waals surface area contributed by atoms with Gasteiger partial charge < -0.3 is 5.73 Å². The van der Waals surface area contributed by atoms with E-state index in [9.17, 15) is 17.6 Å². The molecular formula is C15H14F4N2. The Hall–Kier alpha value is -1.95. The van der Waals surface area contributed by atoms with E-state index in [0.717, 1.165) is 17.8 Å². The van der Waals surface area contributed by atoms with Crippen LogP contribution in [-0.2, 0) is 12.6 Å². The number of alkyl halides is 3. The molecule has 2 aromatic rings. The zero-order valence-electron chi connectivity index (χ0n) is 11.1. The van der Waals surface area contributed by atoms with E-state index in [4.69, 9.17) is 5.73 Å². The standard InChI is InChI=1S/C15H14F4N2/c16-13-6-4-10(9-12(13)15(17,18)19)14(20)7-5-11-3-1-2-8-21-11/h1-4,6,8-9,14H,5,7,20H2. The normalized spacial score (nSPS) is 13.2. The molecule has 6 heteroatoms. The fourth-order valence-corrected chi connectivity index (χ4v) is 2.01. The molecule has 21 heavy (non-hydrogen) atoms. The summed E-state index contributed by atoms with van der Waals surface area (Å²) >= 11 is 0. The van der Waals surface area contributed by atoms with Crippen LogP contribution >= 0.6 is 0 Å². The molecular weight excluding hydrogens is 284 g/mol. The van der Waals surface area contributed by atoms with Gasteiger partial charge in [0, 0.05) is 17.9 Å². The van der Waals surface area contributed by atoms with Gasteiger partial charge in [0.15, 0.2) is 0 Å². The highest BCUT2D eigenvalue weighted by Gasteiger charge is 2.34. The zero-order valence-corrected chi connectivity index (χ0v) is 11.1. The third kappa shape index (κ3) is 4.01. The van der Waals surface area contributed by atoms with Crippen molar-refractivity contribution in [2.24, 2.45) is 5.73 Å². The highest BCUT2D eigenvalue weighted by Crippen LogP contribution is 2.33. The molecule has 0 saturated carbocycles. The summed E-state index contributed by atoms with van der Waals surface area (Å²) in [4.78, 5) is 4.12. The van der Waals surface area contributed by atoms with Crippen molar-refractivity contribution in [2.75, 3.05) is 0 Å². The number of aryl methyl sites for hydroxylation is 1. The van der Waals surface area contributed by atoms with Gasteiger partial charge in [-0.25, -0.2) is 4.39 Å². The Morgan fingerprint density at radius 1 is 1.14 bits per heavy atom. The molecule has 0 aliphatic carbocycles. The molecule has 2 N–H and O–H groups in total. The Labute approximate surface area is 119 Å². The first-order valence-electron chi connectivity index (χ1n) is 6.40. The van der Waals surface area contributed by atoms with Gasteiger partial charge in [0.1, 0.15) is 5.82 Å². The Balaban J connectivity index is 2.11. The molecule has 1 unspecified atom stereocenters. The maximum Gasteiger partial charge on any atom is 0.419 e. The second kappa shape index (κ2) is 6.22. The molecule has 0 fully saturated rings. The highest BCUT2D eigenvalue weighted by atomic mass is 19.4. The van der Waals surface area contributed by atoms with Crippen LogP contribution in [0, 0.1) is 5.82 Å². The minimum Gasteiger partial charge on any atom is -0.324 e. The van der Waals surface area contributed by atoms with E-state index >= 15 is 0 Å². The minimum absolute atomic E-state index is 0.264. The number of hydrogen-bond donors (Lipinski definition) is 1. The third-order valence-electron chi connectivity index (χ3n) is 3.16. The van der Waals surface area contributed by atoms with Crippen LogP contribution < -0.4 is 5.73 Å². The van der Waals surface area contributed by atoms with E-state index in [2.05, 4.69) is 4.98 Å². The molecule has 0 bridgehead atoms. The number of hydrogen-bond acceptors (Lipinski definition) is 2. The van der Waals surface area contributed by atoms with Gasteiger partial charge in [-0.05, 0) is 42.7 Å². The summed E-state index contributed by atoms with van der Waals surface area (Å²) in [5.41, 5.74) is 5.68. The SMILES string of the molecule is NC(CCc1ccccn1)c1ccc(F)c(C(F)(F)F)c1. The van der Waals surface area contributed by atoms with Gasteiger partial charge >= 0.3 is 6.18 Å². The first kappa shape index (κ1) is 15.4. The van der Waals surface area contributed by atoms with Crippen molar-refractivity contribution in [3.05, 3.63) is 65.2 Å². The Kier molecular flexibility index (Phi) is 4.57. The van der Waals surface area contributed by atoms with Crippen molar-refractivity contribution in [2.45, 2.75) is 25.1 Å². The number of benzene rings is 1. The first-order valence-corrected chi connectivity index (χ1v) is 6.40. The van der Waals surface area contributed by atoms with Crippen LogP contribution in [0.15, 0.2) is 42.6 Å². The molecule has 0 radical (unpaired) electrons. The van der Waals surface area contributed by atoms with Crippen LogP contribution in [0.2, 0.25) is 0 Å². The number of aromatic nitrogens is 1. The summed E-state index contributed by atoms with van der Waals surface area (Å²) in [5, 5.41) is 0. The van der Waals surface area contributed by atoms with Crippen molar-refractivity contribution in [3.63, 3.8) is 0 Å². The van der Waals surface area contributed by atoms with E-state index in [1.54, 1.807) is 12.3 Å². The number of nitrogens with zero attached hydrogens (tertiary/aromatic N) is 1. The largest absolute Gasteiger partial charge is 0.419 e. The Bertz CT molecular complexity index is 596. The molecule has 0 saturated heterocycles. The quantitative estimate of drug-likeness (QED) is 0.870. The second-order valence-corrected chi connectivity index (χ2v) is 4.70. The molecule has 0 spiro atoms. The maximum absolute atomic E-state index is 13.2. The van der Waals surface area contributed by atoms with Gasteiger partial charge in [-0.3, -0.25) is 4.98 Å². The van der Waals surface area contributed by atoms with Gasteiger partial charge in [0.2, 0.25) is 0 Å². The number of pyridine rings is 1. The summed E-state index contributed by atoms with van der Waals surface area (Å²) in [6.45, 7) is 0. The van der Waals surface area contributed by atoms with E-state index in [1.165, 1.54) is 6.07 Å². The summed E-state index contributed by atoms with van der Waals surface area (Å²) < 4.78 is 51.2. The maximum atomic E-state index is 13.2. The number of halogens is 4. The average molecular weight is 298 g/mol. The van der Waals surface area contributed by atoms with Crippen molar-refractivity contribution >= 4 is 0 Å². The fraction of sp³-hybridized carbons (Fsp3) is 0.267. The van der Waals surface area contributed by atoms with Crippen LogP contribution in [-0.4, -0.2) is 4.98 Å². The molecule has 2 nitrogen and oxygen atoms in total. The summed E-state index contributed by atoms with van der Waals surface area (Å²) in [6, 6.07) is 7.68. The van der Waals surface area contributed by atoms with Crippen LogP contribution in [0.4, 0.5) is 17.6 Å². The lowest BCUT2D eigenvalue weighted by Gasteiger charge is -2.15. The van der Waals surface area contributed by atoms with Gasteiger partial charge in [-0.1, -0.05) is 12.1 Å². The minimum atomic E-state index is -4.72. The van der Waals surface area contributed by atoms with E-state index < -0.39 is 23.6 Å². The van der Waals surface area contributed by atoms with Crippen LogP contribution in [0.1, 0.15) is 29.3 Å². The predicted octanol–water partition coefficient (Wildman–Crippen LogP) is 3.87. The van der Waals surface area contributed by atoms with Gasteiger partial charge in [-0.2, -0.15) is 13.2 Å². The van der Waals surface area contributed by atoms with Crippen LogP contribution in [0.25, 0.3) is 0 Å². The Morgan fingerprint density at radius 3 is 2.52 bits per heavy atom. The number of rotatable bonds is 4. The molecule has 0 aliphatic heterocycles. The highest BCUT2D eigenvalue weighted by molar-refractivity contribution is 5.29. The monoisotopic (exact) mass is 298 g/mol. The van der Waals surface area contributed by atoms with E-state index in [0.29, 0.717) is 12.8 Å². The lowest BCUT2D eigenvalue weighted by atomic mass is 9.99. The second-order valence-electron chi connectivity index (χ2n) is 4.70. The van der Waals surface area contributed by atoms with Gasteiger partial charge in [0.05, 0.1) is 5.56 Å². The predicted molar refractivity (Wildman–Crippen MR) is 70.9 cm³/mol. The van der Waals surface area contributed by atoms with Crippen molar-refractivity contribution in [3.8, 4) is 0 Å². The van der Waals surface area contributed by atoms with Gasteiger partial charge in [-0.15, -0.1) is 0 Å². The molecule has 112 valence electrons. The van der Waals surface area contributed by atoms with Crippen LogP contribution in [0.3, 0.4) is 0 Å². The summed E-state index contributed by atoms with van der Waals surface area (Å²) in [7, 11) is 0. The average Bonchev–Trinajstić information content (AvgIpc) is 2.45. The molecule has 1 aromatic heterocycles. The molecule has 1 atom stereocenters. The first-order chi connectivity index (χ1) is 9.88. The van der Waals surface area contributed by atoms with Crippen LogP contribution in [0.5, 0.6) is 0 Å². The topological polar surface area (TPSA) is 38.9 Å². The summed E-state index contributed by atoms with van der Waals surface area (Å²) in [5.74, 6) is -1.29. The van der Waals surface area contributed by atoms with E-state index in [1.807, 2.05) is 12.1 Å². The fourth-order valence-electron chi connectivity index (χ4n) is 2.01. The van der Waals surface area contributed by atoms with Crippen molar-refractivity contribution in [1.29, 1.82) is 0 Å². The van der Waals surface area contributed by atoms with Crippen molar-refractivity contribution in [1.82, 2.24) is 4.98 Å².